The maximum Gasteiger partial charge on any atom is 0.223 e. The molecule has 0 aromatic carbocycles. The molecule has 0 aliphatic carbocycles. The number of rotatable bonds is 3. The van der Waals surface area contributed by atoms with Crippen LogP contribution in [0.25, 0.3) is 0 Å². The molecule has 2 aromatic rings. The van der Waals surface area contributed by atoms with Gasteiger partial charge in [0.1, 0.15) is 5.03 Å². The highest BCUT2D eigenvalue weighted by Crippen LogP contribution is 2.30. The molecular weight excluding hydrogens is 247 g/mol. The number of halogens is 1. The Morgan fingerprint density at radius 1 is 1.44 bits per heavy atom. The van der Waals surface area contributed by atoms with E-state index in [2.05, 4.69) is 20.3 Å². The van der Waals surface area contributed by atoms with Crippen molar-refractivity contribution < 1.29 is 4.39 Å². The van der Waals surface area contributed by atoms with Crippen molar-refractivity contribution in [3.8, 4) is 0 Å². The monoisotopic (exact) mass is 256 g/mol. The second kappa shape index (κ2) is 4.75. The summed E-state index contributed by atoms with van der Waals surface area (Å²) < 4.78 is 14.2. The molecule has 7 heteroatoms. The number of aryl methyl sites for hydroxylation is 1. The maximum absolute atomic E-state index is 13.4. The average Bonchev–Trinajstić information content (AvgIpc) is 2.67. The SMILES string of the molecule is CNc1ncc(F)c(Sc2nc(C)cs2)n1. The molecule has 0 spiro atoms. The first-order valence-corrected chi connectivity index (χ1v) is 6.19. The molecule has 2 rings (SSSR count). The third-order valence-electron chi connectivity index (χ3n) is 1.72. The van der Waals surface area contributed by atoms with Gasteiger partial charge in [0.15, 0.2) is 10.2 Å². The van der Waals surface area contributed by atoms with Crippen molar-refractivity contribution in [2.75, 3.05) is 12.4 Å². The van der Waals surface area contributed by atoms with E-state index in [-0.39, 0.29) is 5.03 Å². The molecule has 0 fully saturated rings. The molecular formula is C9H9FN4S2. The summed E-state index contributed by atoms with van der Waals surface area (Å²) in [5.41, 5.74) is 0.927. The van der Waals surface area contributed by atoms with Crippen molar-refractivity contribution in [3.63, 3.8) is 0 Å². The first kappa shape index (κ1) is 11.3. The van der Waals surface area contributed by atoms with E-state index in [9.17, 15) is 4.39 Å². The second-order valence-corrected chi connectivity index (χ2v) is 5.05. The summed E-state index contributed by atoms with van der Waals surface area (Å²) in [5.74, 6) is -0.0333. The van der Waals surface area contributed by atoms with Gasteiger partial charge in [-0.05, 0) is 18.7 Å². The fraction of sp³-hybridized carbons (Fsp3) is 0.222. The summed E-state index contributed by atoms with van der Waals surface area (Å²) in [5, 5.41) is 4.97. The van der Waals surface area contributed by atoms with Gasteiger partial charge in [0.05, 0.1) is 6.20 Å². The lowest BCUT2D eigenvalue weighted by molar-refractivity contribution is 0.580. The van der Waals surface area contributed by atoms with Crippen molar-refractivity contribution in [3.05, 3.63) is 23.1 Å². The van der Waals surface area contributed by atoms with E-state index in [0.717, 1.165) is 16.2 Å². The van der Waals surface area contributed by atoms with Crippen LogP contribution in [-0.4, -0.2) is 22.0 Å². The third kappa shape index (κ3) is 2.48. The number of aromatic nitrogens is 3. The maximum atomic E-state index is 13.4. The highest BCUT2D eigenvalue weighted by atomic mass is 32.2. The largest absolute Gasteiger partial charge is 0.357 e. The van der Waals surface area contributed by atoms with E-state index in [1.807, 2.05) is 12.3 Å². The van der Waals surface area contributed by atoms with Gasteiger partial charge >= 0.3 is 0 Å². The van der Waals surface area contributed by atoms with Crippen LogP contribution in [0.15, 0.2) is 20.9 Å². The van der Waals surface area contributed by atoms with Crippen LogP contribution in [-0.2, 0) is 0 Å². The van der Waals surface area contributed by atoms with Gasteiger partial charge in [0.25, 0.3) is 0 Å². The van der Waals surface area contributed by atoms with Crippen LogP contribution in [0.1, 0.15) is 5.69 Å². The standard InChI is InChI=1S/C9H9FN4S2/c1-5-4-15-9(13-5)16-7-6(10)3-12-8(11-2)14-7/h3-4H,1-2H3,(H,11,12,14). The predicted molar refractivity (Wildman–Crippen MR) is 62.5 cm³/mol. The average molecular weight is 256 g/mol. The Bertz CT molecular complexity index is 500. The first-order chi connectivity index (χ1) is 7.69. The molecule has 84 valence electrons. The van der Waals surface area contributed by atoms with Crippen LogP contribution in [0.5, 0.6) is 0 Å². The molecule has 2 aromatic heterocycles. The summed E-state index contributed by atoms with van der Waals surface area (Å²) in [6.07, 6.45) is 1.15. The topological polar surface area (TPSA) is 50.7 Å². The Morgan fingerprint density at radius 2 is 2.25 bits per heavy atom. The number of hydrogen-bond acceptors (Lipinski definition) is 6. The van der Waals surface area contributed by atoms with Crippen LogP contribution >= 0.6 is 23.1 Å². The van der Waals surface area contributed by atoms with Crippen LogP contribution in [0.2, 0.25) is 0 Å². The fourth-order valence-electron chi connectivity index (χ4n) is 1.01. The molecule has 0 unspecified atom stereocenters. The summed E-state index contributed by atoms with van der Waals surface area (Å²) in [6, 6.07) is 0. The Labute approximate surface area is 100 Å². The highest BCUT2D eigenvalue weighted by molar-refractivity contribution is 8.01. The third-order valence-corrected chi connectivity index (χ3v) is 3.75. The summed E-state index contributed by atoms with van der Waals surface area (Å²) in [6.45, 7) is 1.90. The normalized spacial score (nSPS) is 10.4. The van der Waals surface area contributed by atoms with Gasteiger partial charge in [-0.15, -0.1) is 11.3 Å². The molecule has 2 heterocycles. The van der Waals surface area contributed by atoms with Gasteiger partial charge in [0.2, 0.25) is 5.95 Å². The molecule has 0 atom stereocenters. The minimum absolute atomic E-state index is 0.286. The Hall–Kier alpha value is -1.21. The highest BCUT2D eigenvalue weighted by Gasteiger charge is 2.10. The molecule has 0 aliphatic heterocycles. The quantitative estimate of drug-likeness (QED) is 0.855. The van der Waals surface area contributed by atoms with Gasteiger partial charge in [0, 0.05) is 18.1 Å². The zero-order valence-corrected chi connectivity index (χ0v) is 10.3. The summed E-state index contributed by atoms with van der Waals surface area (Å²) in [4.78, 5) is 12.0. The van der Waals surface area contributed by atoms with E-state index in [1.165, 1.54) is 23.1 Å². The van der Waals surface area contributed by atoms with E-state index in [4.69, 9.17) is 0 Å². The second-order valence-electron chi connectivity index (χ2n) is 2.95. The Balaban J connectivity index is 2.26. The van der Waals surface area contributed by atoms with Crippen molar-refractivity contribution in [2.24, 2.45) is 0 Å². The molecule has 0 amide bonds. The molecule has 0 bridgehead atoms. The predicted octanol–water partition coefficient (Wildman–Crippen LogP) is 2.57. The molecule has 4 nitrogen and oxygen atoms in total. The smallest absolute Gasteiger partial charge is 0.223 e. The van der Waals surface area contributed by atoms with Crippen LogP contribution < -0.4 is 5.32 Å². The van der Waals surface area contributed by atoms with E-state index >= 15 is 0 Å². The van der Waals surface area contributed by atoms with Gasteiger partial charge < -0.3 is 5.32 Å². The molecule has 0 saturated carbocycles. The lowest BCUT2D eigenvalue weighted by Gasteiger charge is -2.01. The molecule has 0 radical (unpaired) electrons. The van der Waals surface area contributed by atoms with Crippen LogP contribution in [0.3, 0.4) is 0 Å². The van der Waals surface area contributed by atoms with Crippen molar-refractivity contribution >= 4 is 29.0 Å². The van der Waals surface area contributed by atoms with E-state index in [0.29, 0.717) is 5.95 Å². The van der Waals surface area contributed by atoms with Gasteiger partial charge in [-0.3, -0.25) is 0 Å². The molecule has 0 aliphatic rings. The number of nitrogens with zero attached hydrogens (tertiary/aromatic N) is 3. The summed E-state index contributed by atoms with van der Waals surface area (Å²) in [7, 11) is 1.69. The van der Waals surface area contributed by atoms with Gasteiger partial charge in [-0.25, -0.2) is 19.3 Å². The van der Waals surface area contributed by atoms with Gasteiger partial charge in [-0.1, -0.05) is 0 Å². The summed E-state index contributed by atoms with van der Waals surface area (Å²) >= 11 is 2.68. The first-order valence-electron chi connectivity index (χ1n) is 4.49. The van der Waals surface area contributed by atoms with Crippen LogP contribution in [0.4, 0.5) is 10.3 Å². The van der Waals surface area contributed by atoms with E-state index < -0.39 is 5.82 Å². The zero-order valence-electron chi connectivity index (χ0n) is 8.69. The van der Waals surface area contributed by atoms with E-state index in [1.54, 1.807) is 7.05 Å². The lowest BCUT2D eigenvalue weighted by atomic mass is 10.6. The molecule has 16 heavy (non-hydrogen) atoms. The number of thiazole rings is 1. The van der Waals surface area contributed by atoms with Crippen molar-refractivity contribution in [2.45, 2.75) is 16.3 Å². The van der Waals surface area contributed by atoms with Crippen LogP contribution in [0, 0.1) is 12.7 Å². The van der Waals surface area contributed by atoms with Crippen molar-refractivity contribution in [1.82, 2.24) is 15.0 Å². The minimum atomic E-state index is -0.433. The number of hydrogen-bond donors (Lipinski definition) is 1. The van der Waals surface area contributed by atoms with Gasteiger partial charge in [-0.2, -0.15) is 0 Å². The number of nitrogens with one attached hydrogen (secondary N) is 1. The lowest BCUT2D eigenvalue weighted by Crippen LogP contribution is -1.98. The number of anilines is 1. The fourth-order valence-corrected chi connectivity index (χ4v) is 2.74. The van der Waals surface area contributed by atoms with Crippen molar-refractivity contribution in [1.29, 1.82) is 0 Å². The zero-order chi connectivity index (χ0) is 11.5. The Morgan fingerprint density at radius 3 is 2.88 bits per heavy atom. The molecule has 1 N–H and O–H groups in total. The minimum Gasteiger partial charge on any atom is -0.357 e. The Kier molecular flexibility index (Phi) is 3.35. The molecule has 0 saturated heterocycles.